The normalized spacial score (nSPS) is 11.2. The zero-order valence-corrected chi connectivity index (χ0v) is 23.0. The molecular formula is C23H16Br2N6O2S2. The summed E-state index contributed by atoms with van der Waals surface area (Å²) < 4.78 is 13.6. The van der Waals surface area contributed by atoms with Crippen LogP contribution in [0.2, 0.25) is 0 Å². The Kier molecular flexibility index (Phi) is 7.61. The molecule has 5 aromatic rings. The summed E-state index contributed by atoms with van der Waals surface area (Å²) >= 11 is 9.81. The van der Waals surface area contributed by atoms with Gasteiger partial charge >= 0.3 is 0 Å². The highest BCUT2D eigenvalue weighted by molar-refractivity contribution is 9.10. The molecule has 0 spiro atoms. The summed E-state index contributed by atoms with van der Waals surface area (Å²) in [5.41, 5.74) is 2.61. The van der Waals surface area contributed by atoms with Gasteiger partial charge in [-0.05, 0) is 61.5 Å². The van der Waals surface area contributed by atoms with Gasteiger partial charge in [0.1, 0.15) is 5.03 Å². The molecule has 3 heterocycles. The number of nitrogens with zero attached hydrogens (tertiary/aromatic N) is 6. The van der Waals surface area contributed by atoms with Crippen molar-refractivity contribution in [2.75, 3.05) is 0 Å². The third-order valence-electron chi connectivity index (χ3n) is 4.59. The monoisotopic (exact) mass is 630 g/mol. The van der Waals surface area contributed by atoms with Gasteiger partial charge in [-0.2, -0.15) is 0 Å². The summed E-state index contributed by atoms with van der Waals surface area (Å²) in [6.07, 6.45) is 0. The molecule has 0 amide bonds. The lowest BCUT2D eigenvalue weighted by atomic mass is 10.2. The summed E-state index contributed by atoms with van der Waals surface area (Å²) in [4.78, 5) is 9.16. The predicted octanol–water partition coefficient (Wildman–Crippen LogP) is 6.99. The zero-order valence-electron chi connectivity index (χ0n) is 18.2. The molecule has 5 rings (SSSR count). The van der Waals surface area contributed by atoms with Gasteiger partial charge < -0.3 is 8.83 Å². The number of aromatic nitrogens is 6. The number of hydrogen-bond acceptors (Lipinski definition) is 10. The van der Waals surface area contributed by atoms with Gasteiger partial charge in [0.15, 0.2) is 5.16 Å². The first-order chi connectivity index (χ1) is 17.0. The Balaban J connectivity index is 1.20. The average Bonchev–Trinajstić information content (AvgIpc) is 3.52. The van der Waals surface area contributed by atoms with Crippen LogP contribution in [0.3, 0.4) is 0 Å². The minimum absolute atomic E-state index is 0.470. The lowest BCUT2D eigenvalue weighted by Crippen LogP contribution is -1.94. The molecule has 12 heteroatoms. The van der Waals surface area contributed by atoms with Gasteiger partial charge in [-0.25, -0.2) is 9.97 Å². The van der Waals surface area contributed by atoms with Gasteiger partial charge in [0.2, 0.25) is 23.6 Å². The average molecular weight is 632 g/mol. The van der Waals surface area contributed by atoms with Gasteiger partial charge in [-0.3, -0.25) is 0 Å². The highest BCUT2D eigenvalue weighted by Gasteiger charge is 2.13. The standard InChI is InChI=1S/C23H16Br2N6O2S2/c1-13-10-20(34-11-18-28-30-21(32-18)14-2-6-16(24)7-3-14)27-23(26-13)35-12-19-29-31-22(33-19)15-4-8-17(25)9-5-15/h2-10H,11-12H2,1H3. The number of halogens is 2. The molecule has 35 heavy (non-hydrogen) atoms. The summed E-state index contributed by atoms with van der Waals surface area (Å²) in [7, 11) is 0. The van der Waals surface area contributed by atoms with Crippen molar-refractivity contribution in [3.63, 3.8) is 0 Å². The van der Waals surface area contributed by atoms with Crippen molar-refractivity contribution in [3.05, 3.63) is 81.0 Å². The van der Waals surface area contributed by atoms with Gasteiger partial charge in [0.25, 0.3) is 0 Å². The minimum Gasteiger partial charge on any atom is -0.420 e. The maximum absolute atomic E-state index is 5.81. The molecular weight excluding hydrogens is 616 g/mol. The van der Waals surface area contributed by atoms with Crippen molar-refractivity contribution in [2.24, 2.45) is 0 Å². The van der Waals surface area contributed by atoms with Gasteiger partial charge in [0.05, 0.1) is 11.5 Å². The van der Waals surface area contributed by atoms with Gasteiger partial charge in [0, 0.05) is 25.8 Å². The molecule has 2 aromatic carbocycles. The number of rotatable bonds is 8. The summed E-state index contributed by atoms with van der Waals surface area (Å²) in [6.45, 7) is 1.94. The van der Waals surface area contributed by atoms with Crippen LogP contribution >= 0.6 is 55.4 Å². The maximum atomic E-state index is 5.81. The van der Waals surface area contributed by atoms with E-state index < -0.39 is 0 Å². The van der Waals surface area contributed by atoms with Crippen LogP contribution in [0.15, 0.2) is 82.6 Å². The van der Waals surface area contributed by atoms with Gasteiger partial charge in [-0.15, -0.1) is 20.4 Å². The number of aryl methyl sites for hydroxylation is 1. The first-order valence-electron chi connectivity index (χ1n) is 10.3. The van der Waals surface area contributed by atoms with E-state index in [2.05, 4.69) is 62.2 Å². The third-order valence-corrected chi connectivity index (χ3v) is 7.38. The third kappa shape index (κ3) is 6.37. The molecule has 0 aliphatic heterocycles. The highest BCUT2D eigenvalue weighted by atomic mass is 79.9. The molecule has 0 unspecified atom stereocenters. The molecule has 8 nitrogen and oxygen atoms in total. The van der Waals surface area contributed by atoms with Crippen LogP contribution in [-0.4, -0.2) is 30.4 Å². The lowest BCUT2D eigenvalue weighted by Gasteiger charge is -2.03. The Morgan fingerprint density at radius 2 is 1.20 bits per heavy atom. The lowest BCUT2D eigenvalue weighted by molar-refractivity contribution is 0.528. The first-order valence-corrected chi connectivity index (χ1v) is 13.9. The molecule has 0 saturated carbocycles. The van der Waals surface area contributed by atoms with Crippen molar-refractivity contribution in [1.82, 2.24) is 30.4 Å². The van der Waals surface area contributed by atoms with Crippen LogP contribution in [0.5, 0.6) is 0 Å². The number of benzene rings is 2. The molecule has 0 fully saturated rings. The largest absolute Gasteiger partial charge is 0.420 e. The SMILES string of the molecule is Cc1cc(SCc2nnc(-c3ccc(Br)cc3)o2)nc(SCc2nnc(-c3ccc(Br)cc3)o2)n1. The second-order valence-electron chi connectivity index (χ2n) is 7.22. The van der Waals surface area contributed by atoms with Crippen LogP contribution in [0.25, 0.3) is 22.9 Å². The molecule has 0 atom stereocenters. The fourth-order valence-electron chi connectivity index (χ4n) is 2.96. The quantitative estimate of drug-likeness (QED) is 0.101. The van der Waals surface area contributed by atoms with Crippen molar-refractivity contribution in [2.45, 2.75) is 28.6 Å². The highest BCUT2D eigenvalue weighted by Crippen LogP contribution is 2.28. The second-order valence-corrected chi connectivity index (χ2v) is 11.0. The molecule has 0 radical (unpaired) electrons. The van der Waals surface area contributed by atoms with Crippen LogP contribution < -0.4 is 0 Å². The molecule has 0 bridgehead atoms. The second kappa shape index (κ2) is 11.0. The summed E-state index contributed by atoms with van der Waals surface area (Å²) in [5, 5.41) is 18.0. The summed E-state index contributed by atoms with van der Waals surface area (Å²) in [6, 6.07) is 17.4. The molecule has 3 aromatic heterocycles. The number of thioether (sulfide) groups is 2. The van der Waals surface area contributed by atoms with Crippen molar-refractivity contribution < 1.29 is 8.83 Å². The van der Waals surface area contributed by atoms with Crippen LogP contribution in [0.4, 0.5) is 0 Å². The summed E-state index contributed by atoms with van der Waals surface area (Å²) in [5.74, 6) is 2.99. The van der Waals surface area contributed by atoms with Crippen molar-refractivity contribution >= 4 is 55.4 Å². The molecule has 0 aliphatic carbocycles. The Morgan fingerprint density at radius 3 is 1.74 bits per heavy atom. The van der Waals surface area contributed by atoms with Crippen LogP contribution in [0.1, 0.15) is 17.5 Å². The van der Waals surface area contributed by atoms with Crippen LogP contribution in [-0.2, 0) is 11.5 Å². The van der Waals surface area contributed by atoms with Gasteiger partial charge in [-0.1, -0.05) is 55.4 Å². The van der Waals surface area contributed by atoms with E-state index in [-0.39, 0.29) is 0 Å². The fourth-order valence-corrected chi connectivity index (χ4v) is 5.08. The van der Waals surface area contributed by atoms with E-state index in [0.717, 1.165) is 30.8 Å². The van der Waals surface area contributed by atoms with E-state index in [0.29, 0.717) is 40.2 Å². The molecule has 0 N–H and O–H groups in total. The van der Waals surface area contributed by atoms with Crippen LogP contribution in [0, 0.1) is 6.92 Å². The van der Waals surface area contributed by atoms with E-state index in [1.54, 1.807) is 0 Å². The molecule has 176 valence electrons. The minimum atomic E-state index is 0.470. The Bertz CT molecular complexity index is 1340. The van der Waals surface area contributed by atoms with E-state index in [4.69, 9.17) is 8.83 Å². The topological polar surface area (TPSA) is 104 Å². The molecule has 0 aliphatic rings. The van der Waals surface area contributed by atoms with E-state index in [1.807, 2.05) is 61.5 Å². The van der Waals surface area contributed by atoms with E-state index in [1.165, 1.54) is 23.5 Å². The Hall–Kier alpha value is -2.54. The fraction of sp³-hybridized carbons (Fsp3) is 0.130. The Labute approximate surface area is 226 Å². The van der Waals surface area contributed by atoms with E-state index in [9.17, 15) is 0 Å². The smallest absolute Gasteiger partial charge is 0.247 e. The predicted molar refractivity (Wildman–Crippen MR) is 141 cm³/mol. The van der Waals surface area contributed by atoms with Crippen molar-refractivity contribution in [3.8, 4) is 22.9 Å². The number of hydrogen-bond donors (Lipinski definition) is 0. The van der Waals surface area contributed by atoms with E-state index >= 15 is 0 Å². The zero-order chi connectivity index (χ0) is 24.2. The van der Waals surface area contributed by atoms with Crippen molar-refractivity contribution in [1.29, 1.82) is 0 Å². The Morgan fingerprint density at radius 1 is 0.686 bits per heavy atom. The molecule has 0 saturated heterocycles. The first kappa shape index (κ1) is 24.2. The maximum Gasteiger partial charge on any atom is 0.247 e.